The van der Waals surface area contributed by atoms with Gasteiger partial charge in [-0.3, -0.25) is 4.79 Å². The van der Waals surface area contributed by atoms with Gasteiger partial charge in [0, 0.05) is 35.9 Å². The van der Waals surface area contributed by atoms with Crippen molar-refractivity contribution >= 4 is 16.9 Å². The number of nitrogens with one attached hydrogen (secondary N) is 2. The summed E-state index contributed by atoms with van der Waals surface area (Å²) in [6, 6.07) is 2.40. The molecule has 2 N–H and O–H groups in total. The minimum absolute atomic E-state index is 0.0106. The number of carbonyl (C=O) groups excluding carboxylic acids is 1. The fourth-order valence-corrected chi connectivity index (χ4v) is 4.56. The van der Waals surface area contributed by atoms with Gasteiger partial charge in [0.2, 0.25) is 5.91 Å². The van der Waals surface area contributed by atoms with Crippen LogP contribution in [0.5, 0.6) is 0 Å². The van der Waals surface area contributed by atoms with Gasteiger partial charge < -0.3 is 15.2 Å². The zero-order chi connectivity index (χ0) is 19.9. The first-order valence-corrected chi connectivity index (χ1v) is 10.8. The summed E-state index contributed by atoms with van der Waals surface area (Å²) in [5.74, 6) is 0.683. The predicted molar refractivity (Wildman–Crippen MR) is 113 cm³/mol. The molecule has 0 saturated heterocycles. The summed E-state index contributed by atoms with van der Waals surface area (Å²) in [6.45, 7) is 9.47. The van der Waals surface area contributed by atoms with Crippen LogP contribution in [0.1, 0.15) is 70.4 Å². The van der Waals surface area contributed by atoms with Crippen molar-refractivity contribution in [1.82, 2.24) is 20.2 Å². The Balaban J connectivity index is 1.52. The van der Waals surface area contributed by atoms with E-state index in [9.17, 15) is 4.79 Å². The molecule has 2 aliphatic rings. The van der Waals surface area contributed by atoms with E-state index in [-0.39, 0.29) is 17.5 Å². The Labute approximate surface area is 168 Å². The molecule has 1 atom stereocenters. The van der Waals surface area contributed by atoms with Crippen molar-refractivity contribution < 1.29 is 4.79 Å². The summed E-state index contributed by atoms with van der Waals surface area (Å²) in [6.07, 6.45) is 11.2. The van der Waals surface area contributed by atoms with Crippen LogP contribution in [0.25, 0.3) is 11.0 Å². The average molecular weight is 383 g/mol. The van der Waals surface area contributed by atoms with Gasteiger partial charge in [-0.25, -0.2) is 4.98 Å². The zero-order valence-corrected chi connectivity index (χ0v) is 17.7. The molecular weight excluding hydrogens is 348 g/mol. The van der Waals surface area contributed by atoms with Crippen LogP contribution in [-0.2, 0) is 16.9 Å². The summed E-state index contributed by atoms with van der Waals surface area (Å²) >= 11 is 0. The Hall–Kier alpha value is -1.88. The lowest BCUT2D eigenvalue weighted by Gasteiger charge is -2.22. The van der Waals surface area contributed by atoms with Crippen molar-refractivity contribution in [2.75, 3.05) is 0 Å². The van der Waals surface area contributed by atoms with Crippen LogP contribution in [0.2, 0.25) is 0 Å². The number of pyridine rings is 1. The number of hydrogen-bond acceptors (Lipinski definition) is 3. The van der Waals surface area contributed by atoms with Gasteiger partial charge in [-0.1, -0.05) is 12.8 Å². The Morgan fingerprint density at radius 1 is 1.25 bits per heavy atom. The van der Waals surface area contributed by atoms with Crippen LogP contribution in [-0.4, -0.2) is 27.5 Å². The summed E-state index contributed by atoms with van der Waals surface area (Å²) < 4.78 is 2.26. The highest BCUT2D eigenvalue weighted by Gasteiger charge is 2.37. The maximum atomic E-state index is 12.9. The first-order chi connectivity index (χ1) is 13.3. The normalized spacial score (nSPS) is 19.3. The molecule has 2 aromatic rings. The molecule has 0 aromatic carbocycles. The molecule has 2 fully saturated rings. The molecule has 2 heterocycles. The third-order valence-corrected chi connectivity index (χ3v) is 6.28. The highest BCUT2D eigenvalue weighted by molar-refractivity contribution is 5.85. The second-order valence-corrected chi connectivity index (χ2v) is 9.71. The van der Waals surface area contributed by atoms with Crippen LogP contribution in [0.15, 0.2) is 18.5 Å². The molecule has 2 saturated carbocycles. The van der Waals surface area contributed by atoms with Gasteiger partial charge >= 0.3 is 0 Å². The Morgan fingerprint density at radius 3 is 2.61 bits per heavy atom. The van der Waals surface area contributed by atoms with Crippen molar-refractivity contribution in [2.24, 2.45) is 5.92 Å². The standard InChI is InChI=1S/C23H34N4O/c1-15-14-27(23(2,3)4)21-19(15)17(11-12-24-21)13-25-20(16-9-10-16)22(28)26-18-7-5-6-8-18/h11-12,14,16,18,20,25H,5-10,13H2,1-4H3,(H,26,28)/t20-/m1/s1. The number of hydrogen-bond donors (Lipinski definition) is 2. The van der Waals surface area contributed by atoms with Gasteiger partial charge in [0.15, 0.2) is 0 Å². The highest BCUT2D eigenvalue weighted by atomic mass is 16.2. The van der Waals surface area contributed by atoms with Crippen LogP contribution in [0.4, 0.5) is 0 Å². The first kappa shape index (κ1) is 19.4. The Morgan fingerprint density at radius 2 is 1.96 bits per heavy atom. The monoisotopic (exact) mass is 382 g/mol. The Bertz CT molecular complexity index is 853. The van der Waals surface area contributed by atoms with E-state index in [2.05, 4.69) is 60.1 Å². The predicted octanol–water partition coefficient (Wildman–Crippen LogP) is 4.03. The zero-order valence-electron chi connectivity index (χ0n) is 17.7. The van der Waals surface area contributed by atoms with E-state index in [0.717, 1.165) is 31.3 Å². The topological polar surface area (TPSA) is 59.0 Å². The van der Waals surface area contributed by atoms with Crippen LogP contribution in [0.3, 0.4) is 0 Å². The molecule has 2 aromatic heterocycles. The number of amides is 1. The molecule has 5 heteroatoms. The lowest BCUT2D eigenvalue weighted by Crippen LogP contribution is -2.48. The number of carbonyl (C=O) groups is 1. The second-order valence-electron chi connectivity index (χ2n) is 9.71. The Kier molecular flexibility index (Phi) is 5.21. The number of fused-ring (bicyclic) bond motifs is 1. The van der Waals surface area contributed by atoms with Crippen LogP contribution in [0, 0.1) is 12.8 Å². The van der Waals surface area contributed by atoms with Gasteiger partial charge in [-0.05, 0) is 76.5 Å². The van der Waals surface area contributed by atoms with E-state index in [4.69, 9.17) is 0 Å². The molecule has 1 amide bonds. The average Bonchev–Trinajstić information content (AvgIpc) is 3.21. The van der Waals surface area contributed by atoms with Gasteiger partial charge in [-0.2, -0.15) is 0 Å². The molecule has 2 aliphatic carbocycles. The fraction of sp³-hybridized carbons (Fsp3) is 0.652. The lowest BCUT2D eigenvalue weighted by molar-refractivity contribution is -0.124. The molecule has 0 bridgehead atoms. The van der Waals surface area contributed by atoms with Crippen molar-refractivity contribution in [3.63, 3.8) is 0 Å². The van der Waals surface area contributed by atoms with Crippen molar-refractivity contribution in [2.45, 2.75) is 90.4 Å². The molecule has 4 rings (SSSR count). The number of rotatable bonds is 6. The van der Waals surface area contributed by atoms with E-state index < -0.39 is 0 Å². The number of nitrogens with zero attached hydrogens (tertiary/aromatic N) is 2. The summed E-state index contributed by atoms with van der Waals surface area (Å²) in [7, 11) is 0. The highest BCUT2D eigenvalue weighted by Crippen LogP contribution is 2.34. The second kappa shape index (κ2) is 7.51. The molecule has 0 unspecified atom stereocenters. The molecule has 0 aliphatic heterocycles. The molecule has 0 radical (unpaired) electrons. The maximum Gasteiger partial charge on any atom is 0.237 e. The van der Waals surface area contributed by atoms with E-state index >= 15 is 0 Å². The van der Waals surface area contributed by atoms with Gasteiger partial charge in [0.25, 0.3) is 0 Å². The molecule has 5 nitrogen and oxygen atoms in total. The van der Waals surface area contributed by atoms with Gasteiger partial charge in [0.1, 0.15) is 5.65 Å². The van der Waals surface area contributed by atoms with Crippen LogP contribution >= 0.6 is 0 Å². The molecule has 0 spiro atoms. The third kappa shape index (κ3) is 3.95. The maximum absolute atomic E-state index is 12.9. The lowest BCUT2D eigenvalue weighted by atomic mass is 10.1. The fourth-order valence-electron chi connectivity index (χ4n) is 4.56. The number of aromatic nitrogens is 2. The summed E-state index contributed by atoms with van der Waals surface area (Å²) in [5, 5.41) is 8.10. The van der Waals surface area contributed by atoms with Crippen LogP contribution < -0.4 is 10.6 Å². The van der Waals surface area contributed by atoms with Crippen molar-refractivity contribution in [3.8, 4) is 0 Å². The third-order valence-electron chi connectivity index (χ3n) is 6.28. The first-order valence-electron chi connectivity index (χ1n) is 10.8. The van der Waals surface area contributed by atoms with Gasteiger partial charge in [-0.15, -0.1) is 0 Å². The summed E-state index contributed by atoms with van der Waals surface area (Å²) in [4.78, 5) is 17.5. The van der Waals surface area contributed by atoms with E-state index in [1.807, 2.05) is 6.20 Å². The molecule has 152 valence electrons. The van der Waals surface area contributed by atoms with Gasteiger partial charge in [0.05, 0.1) is 6.04 Å². The van der Waals surface area contributed by atoms with E-state index in [1.165, 1.54) is 29.4 Å². The minimum Gasteiger partial charge on any atom is -0.352 e. The SMILES string of the molecule is Cc1cn(C(C)(C)C)c2nccc(CN[C@@H](C(=O)NC3CCCC3)C3CC3)c12. The van der Waals surface area contributed by atoms with Crippen molar-refractivity contribution in [3.05, 3.63) is 29.6 Å². The van der Waals surface area contributed by atoms with E-state index in [1.54, 1.807) is 0 Å². The summed E-state index contributed by atoms with van der Waals surface area (Å²) in [5.41, 5.74) is 3.49. The van der Waals surface area contributed by atoms with Crippen molar-refractivity contribution in [1.29, 1.82) is 0 Å². The smallest absolute Gasteiger partial charge is 0.237 e. The minimum atomic E-state index is -0.0752. The van der Waals surface area contributed by atoms with E-state index in [0.29, 0.717) is 18.5 Å². The number of aryl methyl sites for hydroxylation is 1. The molecular formula is C23H34N4O. The quantitative estimate of drug-likeness (QED) is 0.793. The largest absolute Gasteiger partial charge is 0.352 e. The molecule has 28 heavy (non-hydrogen) atoms.